The highest BCUT2D eigenvalue weighted by atomic mass is 19.4. The summed E-state index contributed by atoms with van der Waals surface area (Å²) < 4.78 is 73.8. The smallest absolute Gasteiger partial charge is 0.217 e. The van der Waals surface area contributed by atoms with Crippen LogP contribution < -0.4 is 0 Å². The molecule has 1 rings (SSSR count). The third kappa shape index (κ3) is 2.24. The molecule has 0 saturated carbocycles. The summed E-state index contributed by atoms with van der Waals surface area (Å²) in [5.41, 5.74) is -4.55. The van der Waals surface area contributed by atoms with Crippen LogP contribution in [0.5, 0.6) is 0 Å². The number of nitriles is 1. The van der Waals surface area contributed by atoms with Crippen LogP contribution in [0.1, 0.15) is 23.2 Å². The highest BCUT2D eigenvalue weighted by Crippen LogP contribution is 2.36. The monoisotopic (exact) mass is 240 g/mol. The zero-order chi connectivity index (χ0) is 12.5. The van der Waals surface area contributed by atoms with Gasteiger partial charge in [-0.15, -0.1) is 0 Å². The molecule has 0 spiro atoms. The molecule has 0 unspecified atom stereocenters. The summed E-state index contributed by atoms with van der Waals surface area (Å²) in [6.45, 7) is 0. The van der Waals surface area contributed by atoms with E-state index in [9.17, 15) is 26.3 Å². The molecule has 0 aliphatic rings. The molecule has 0 atom stereocenters. The first-order valence-corrected chi connectivity index (χ1v) is 3.73. The standard InChI is InChI=1S/C8H2F6N2/c9-6(10)5-4(8(12,13)14)1-3(2-15)7(11)16-5/h1,6H. The van der Waals surface area contributed by atoms with Crippen LogP contribution in [0.15, 0.2) is 6.07 Å². The quantitative estimate of drug-likeness (QED) is 0.558. The molecule has 0 radical (unpaired) electrons. The average Bonchev–Trinajstić information content (AvgIpc) is 2.15. The fourth-order valence-electron chi connectivity index (χ4n) is 0.976. The predicted molar refractivity (Wildman–Crippen MR) is 38.9 cm³/mol. The zero-order valence-corrected chi connectivity index (χ0v) is 7.32. The van der Waals surface area contributed by atoms with Crippen molar-refractivity contribution in [3.63, 3.8) is 0 Å². The lowest BCUT2D eigenvalue weighted by Crippen LogP contribution is -2.13. The highest BCUT2D eigenvalue weighted by molar-refractivity contribution is 5.36. The Hall–Kier alpha value is -1.78. The van der Waals surface area contributed by atoms with Crippen molar-refractivity contribution in [2.24, 2.45) is 0 Å². The van der Waals surface area contributed by atoms with Crippen LogP contribution in [0, 0.1) is 17.3 Å². The van der Waals surface area contributed by atoms with E-state index in [2.05, 4.69) is 4.98 Å². The molecule has 2 nitrogen and oxygen atoms in total. The summed E-state index contributed by atoms with van der Waals surface area (Å²) in [5, 5.41) is 8.25. The van der Waals surface area contributed by atoms with Gasteiger partial charge in [0.25, 0.3) is 6.43 Å². The molecule has 0 fully saturated rings. The molecule has 16 heavy (non-hydrogen) atoms. The number of pyridine rings is 1. The summed E-state index contributed by atoms with van der Waals surface area (Å²) >= 11 is 0. The number of halogens is 6. The minimum Gasteiger partial charge on any atom is -0.217 e. The van der Waals surface area contributed by atoms with Crippen LogP contribution in [0.2, 0.25) is 0 Å². The largest absolute Gasteiger partial charge is 0.418 e. The fourth-order valence-corrected chi connectivity index (χ4v) is 0.976. The van der Waals surface area contributed by atoms with E-state index >= 15 is 0 Å². The minimum absolute atomic E-state index is 0.0177. The average molecular weight is 240 g/mol. The zero-order valence-electron chi connectivity index (χ0n) is 7.32. The summed E-state index contributed by atoms with van der Waals surface area (Å²) in [4.78, 5) is 2.45. The molecule has 1 aromatic rings. The van der Waals surface area contributed by atoms with Crippen LogP contribution in [-0.4, -0.2) is 4.98 Å². The van der Waals surface area contributed by atoms with Crippen molar-refractivity contribution in [2.75, 3.05) is 0 Å². The van der Waals surface area contributed by atoms with E-state index in [0.717, 1.165) is 6.07 Å². The Kier molecular flexibility index (Phi) is 3.07. The Morgan fingerprint density at radius 3 is 2.25 bits per heavy atom. The highest BCUT2D eigenvalue weighted by Gasteiger charge is 2.38. The normalized spacial score (nSPS) is 11.6. The maximum atomic E-state index is 12.7. The molecule has 0 N–H and O–H groups in total. The Balaban J connectivity index is 3.51. The number of rotatable bonds is 1. The number of aromatic nitrogens is 1. The van der Waals surface area contributed by atoms with Gasteiger partial charge < -0.3 is 0 Å². The molecule has 1 aromatic heterocycles. The first-order chi connectivity index (χ1) is 7.27. The number of hydrogen-bond acceptors (Lipinski definition) is 2. The first kappa shape index (κ1) is 12.3. The maximum absolute atomic E-state index is 12.7. The fraction of sp³-hybridized carbons (Fsp3) is 0.250. The molecule has 86 valence electrons. The summed E-state index contributed by atoms with van der Waals surface area (Å²) in [5.74, 6) is -1.65. The van der Waals surface area contributed by atoms with E-state index in [1.807, 2.05) is 0 Å². The molecule has 0 aliphatic carbocycles. The van der Waals surface area contributed by atoms with Crippen LogP contribution in [-0.2, 0) is 6.18 Å². The van der Waals surface area contributed by atoms with E-state index in [-0.39, 0.29) is 6.07 Å². The lowest BCUT2D eigenvalue weighted by molar-refractivity contribution is -0.140. The second-order valence-corrected chi connectivity index (χ2v) is 2.67. The van der Waals surface area contributed by atoms with E-state index in [0.29, 0.717) is 0 Å². The molecule has 0 amide bonds. The molecule has 8 heteroatoms. The van der Waals surface area contributed by atoms with Crippen LogP contribution in [0.3, 0.4) is 0 Å². The molecule has 1 heterocycles. The number of nitrogens with zero attached hydrogens (tertiary/aromatic N) is 2. The third-order valence-electron chi connectivity index (χ3n) is 1.64. The van der Waals surface area contributed by atoms with E-state index < -0.39 is 35.4 Å². The van der Waals surface area contributed by atoms with Gasteiger partial charge in [-0.3, -0.25) is 0 Å². The van der Waals surface area contributed by atoms with Gasteiger partial charge >= 0.3 is 6.18 Å². The Morgan fingerprint density at radius 2 is 1.88 bits per heavy atom. The Labute approximate surface area is 85.1 Å². The summed E-state index contributed by atoms with van der Waals surface area (Å²) in [7, 11) is 0. The minimum atomic E-state index is -5.11. The van der Waals surface area contributed by atoms with Crippen LogP contribution >= 0.6 is 0 Å². The van der Waals surface area contributed by atoms with Gasteiger partial charge in [0.15, 0.2) is 0 Å². The topological polar surface area (TPSA) is 36.7 Å². The van der Waals surface area contributed by atoms with Crippen LogP contribution in [0.25, 0.3) is 0 Å². The SMILES string of the molecule is N#Cc1cc(C(F)(F)F)c(C(F)F)nc1F. The van der Waals surface area contributed by atoms with Gasteiger partial charge in [0, 0.05) is 0 Å². The molecular weight excluding hydrogens is 238 g/mol. The van der Waals surface area contributed by atoms with Crippen molar-refractivity contribution in [1.29, 1.82) is 5.26 Å². The Bertz CT molecular complexity index is 445. The summed E-state index contributed by atoms with van der Waals surface area (Å²) in [6.07, 6.45) is -8.68. The van der Waals surface area contributed by atoms with Crippen molar-refractivity contribution in [1.82, 2.24) is 4.98 Å². The van der Waals surface area contributed by atoms with Crippen molar-refractivity contribution in [3.05, 3.63) is 28.8 Å². The van der Waals surface area contributed by atoms with Gasteiger partial charge in [-0.05, 0) is 6.07 Å². The number of alkyl halides is 5. The number of hydrogen-bond donors (Lipinski definition) is 0. The van der Waals surface area contributed by atoms with E-state index in [1.54, 1.807) is 0 Å². The summed E-state index contributed by atoms with van der Waals surface area (Å²) in [6, 6.07) is 1.11. The van der Waals surface area contributed by atoms with Crippen molar-refractivity contribution in [3.8, 4) is 6.07 Å². The van der Waals surface area contributed by atoms with Crippen LogP contribution in [0.4, 0.5) is 26.3 Å². The van der Waals surface area contributed by atoms with Crippen molar-refractivity contribution < 1.29 is 26.3 Å². The molecule has 0 aliphatic heterocycles. The van der Waals surface area contributed by atoms with Gasteiger partial charge in [0.2, 0.25) is 5.95 Å². The Morgan fingerprint density at radius 1 is 1.31 bits per heavy atom. The molecule has 0 bridgehead atoms. The van der Waals surface area contributed by atoms with Gasteiger partial charge in [-0.25, -0.2) is 13.8 Å². The van der Waals surface area contributed by atoms with Crippen molar-refractivity contribution >= 4 is 0 Å². The van der Waals surface area contributed by atoms with Gasteiger partial charge in [-0.2, -0.15) is 22.8 Å². The second-order valence-electron chi connectivity index (χ2n) is 2.67. The van der Waals surface area contributed by atoms with E-state index in [4.69, 9.17) is 5.26 Å². The molecule has 0 saturated heterocycles. The van der Waals surface area contributed by atoms with Gasteiger partial charge in [0.05, 0.1) is 5.56 Å². The van der Waals surface area contributed by atoms with Gasteiger partial charge in [0.1, 0.15) is 17.3 Å². The second kappa shape index (κ2) is 4.00. The van der Waals surface area contributed by atoms with Crippen molar-refractivity contribution in [2.45, 2.75) is 12.6 Å². The predicted octanol–water partition coefficient (Wildman–Crippen LogP) is 3.05. The maximum Gasteiger partial charge on any atom is 0.418 e. The third-order valence-corrected chi connectivity index (χ3v) is 1.64. The lowest BCUT2D eigenvalue weighted by atomic mass is 10.1. The van der Waals surface area contributed by atoms with E-state index in [1.165, 1.54) is 0 Å². The van der Waals surface area contributed by atoms with Gasteiger partial charge in [-0.1, -0.05) is 0 Å². The molecular formula is C8H2F6N2. The molecule has 0 aromatic carbocycles. The first-order valence-electron chi connectivity index (χ1n) is 3.73. The lowest BCUT2D eigenvalue weighted by Gasteiger charge is -2.11.